The molecule has 3 fully saturated rings. The molecule has 4 heteroatoms. The Morgan fingerprint density at radius 2 is 1.92 bits per heavy atom. The minimum absolute atomic E-state index is 0.143. The molecule has 0 heterocycles. The van der Waals surface area contributed by atoms with Gasteiger partial charge in [-0.1, -0.05) is 12.5 Å². The average Bonchev–Trinajstić information content (AvgIpc) is 2.88. The summed E-state index contributed by atoms with van der Waals surface area (Å²) in [5.74, 6) is 1.83. The molecule has 4 rings (SSSR count). The predicted molar refractivity (Wildman–Crippen MR) is 92.7 cm³/mol. The van der Waals surface area contributed by atoms with E-state index in [2.05, 4.69) is 6.92 Å². The van der Waals surface area contributed by atoms with Gasteiger partial charge in [0.25, 0.3) is 0 Å². The van der Waals surface area contributed by atoms with Crippen LogP contribution in [0.4, 0.5) is 0 Å². The van der Waals surface area contributed by atoms with Crippen LogP contribution in [-0.4, -0.2) is 24.1 Å². The Morgan fingerprint density at radius 1 is 1.12 bits per heavy atom. The number of ketones is 2. The largest absolute Gasteiger partial charge is 0.465 e. The molecule has 136 valence electrons. The Kier molecular flexibility index (Phi) is 3.93. The first kappa shape index (κ1) is 17.0. The first-order chi connectivity index (χ1) is 11.9. The third-order valence-electron chi connectivity index (χ3n) is 7.93. The highest BCUT2D eigenvalue weighted by Gasteiger charge is 2.60. The van der Waals surface area contributed by atoms with Crippen molar-refractivity contribution in [2.75, 3.05) is 6.61 Å². The van der Waals surface area contributed by atoms with E-state index in [1.807, 2.05) is 6.08 Å². The van der Waals surface area contributed by atoms with Crippen molar-refractivity contribution in [3.05, 3.63) is 11.6 Å². The number of hydrogen-bond donors (Lipinski definition) is 0. The van der Waals surface area contributed by atoms with Crippen molar-refractivity contribution in [2.45, 2.75) is 65.2 Å². The Hall–Kier alpha value is -1.45. The van der Waals surface area contributed by atoms with Gasteiger partial charge in [0.2, 0.25) is 0 Å². The van der Waals surface area contributed by atoms with Crippen molar-refractivity contribution in [1.29, 1.82) is 0 Å². The lowest BCUT2D eigenvalue weighted by Crippen LogP contribution is -2.53. The molecule has 4 nitrogen and oxygen atoms in total. The van der Waals surface area contributed by atoms with Gasteiger partial charge in [-0.2, -0.15) is 0 Å². The molecule has 5 atom stereocenters. The van der Waals surface area contributed by atoms with Gasteiger partial charge < -0.3 is 4.74 Å². The molecule has 0 aromatic carbocycles. The van der Waals surface area contributed by atoms with E-state index in [0.29, 0.717) is 36.6 Å². The molecule has 0 aromatic rings. The van der Waals surface area contributed by atoms with Crippen LogP contribution in [0, 0.1) is 28.6 Å². The summed E-state index contributed by atoms with van der Waals surface area (Å²) in [7, 11) is 0. The SMILES string of the molecule is CC(=O)OC[C@]12CCC(=O)C=C1CC[C@@H]1[C@H]2CC[C@]2(C)C(=O)CC[C@@H]12. The molecule has 0 unspecified atom stereocenters. The van der Waals surface area contributed by atoms with Crippen LogP contribution in [0.5, 0.6) is 0 Å². The number of carbonyl (C=O) groups excluding carboxylic acids is 3. The molecule has 25 heavy (non-hydrogen) atoms. The summed E-state index contributed by atoms with van der Waals surface area (Å²) in [6.07, 6.45) is 8.86. The Balaban J connectivity index is 1.71. The molecule has 3 saturated carbocycles. The highest BCUT2D eigenvalue weighted by atomic mass is 16.5. The van der Waals surface area contributed by atoms with E-state index in [1.54, 1.807) is 0 Å². The second kappa shape index (κ2) is 5.78. The lowest BCUT2D eigenvalue weighted by Gasteiger charge is -2.57. The van der Waals surface area contributed by atoms with Gasteiger partial charge in [0, 0.05) is 30.6 Å². The highest BCUT2D eigenvalue weighted by molar-refractivity contribution is 5.92. The van der Waals surface area contributed by atoms with Gasteiger partial charge in [-0.05, 0) is 62.4 Å². The van der Waals surface area contributed by atoms with E-state index in [4.69, 9.17) is 4.74 Å². The molecule has 0 spiro atoms. The summed E-state index contributed by atoms with van der Waals surface area (Å²) in [4.78, 5) is 36.0. The molecule has 0 radical (unpaired) electrons. The average molecular weight is 344 g/mol. The summed E-state index contributed by atoms with van der Waals surface area (Å²) in [5.41, 5.74) is 0.893. The molecule has 0 bridgehead atoms. The van der Waals surface area contributed by atoms with Gasteiger partial charge in [-0.25, -0.2) is 0 Å². The van der Waals surface area contributed by atoms with E-state index in [9.17, 15) is 14.4 Å². The van der Waals surface area contributed by atoms with Gasteiger partial charge in [-0.3, -0.25) is 14.4 Å². The number of esters is 1. The zero-order chi connectivity index (χ0) is 17.8. The van der Waals surface area contributed by atoms with Gasteiger partial charge in [0.1, 0.15) is 12.4 Å². The molecule has 4 aliphatic rings. The van der Waals surface area contributed by atoms with Crippen LogP contribution in [-0.2, 0) is 19.1 Å². The second-order valence-corrected chi connectivity index (χ2v) is 8.91. The highest BCUT2D eigenvalue weighted by Crippen LogP contribution is 2.64. The zero-order valence-electron chi connectivity index (χ0n) is 15.3. The number of Topliss-reactive ketones (excluding diaryl/α,β-unsaturated/α-hetero) is 1. The number of carbonyl (C=O) groups is 3. The third-order valence-corrected chi connectivity index (χ3v) is 7.93. The maximum absolute atomic E-state index is 12.5. The molecular weight excluding hydrogens is 316 g/mol. The van der Waals surface area contributed by atoms with E-state index >= 15 is 0 Å². The zero-order valence-corrected chi connectivity index (χ0v) is 15.3. The van der Waals surface area contributed by atoms with E-state index in [0.717, 1.165) is 44.9 Å². The molecule has 0 amide bonds. The molecule has 0 aromatic heterocycles. The summed E-state index contributed by atoms with van der Waals surface area (Å²) in [6, 6.07) is 0. The fraction of sp³-hybridized carbons (Fsp3) is 0.762. The molecule has 0 aliphatic heterocycles. The van der Waals surface area contributed by atoms with Crippen molar-refractivity contribution in [3.8, 4) is 0 Å². The summed E-state index contributed by atoms with van der Waals surface area (Å²) < 4.78 is 5.53. The Morgan fingerprint density at radius 3 is 2.68 bits per heavy atom. The summed E-state index contributed by atoms with van der Waals surface area (Å²) in [6.45, 7) is 4.04. The first-order valence-corrected chi connectivity index (χ1v) is 9.77. The van der Waals surface area contributed by atoms with Gasteiger partial charge in [-0.15, -0.1) is 0 Å². The number of ether oxygens (including phenoxy) is 1. The number of hydrogen-bond acceptors (Lipinski definition) is 4. The standard InChI is InChI=1S/C21H28O4/c1-13(22)25-12-21-10-7-15(23)11-14(21)3-4-16-17-5-6-19(24)20(17,2)9-8-18(16)21/h11,16-18H,3-10,12H2,1-2H3/t16-,17-,18+,20-,21+/m0/s1. The third kappa shape index (κ3) is 2.43. The molecular formula is C21H28O4. The quantitative estimate of drug-likeness (QED) is 0.718. The van der Waals surface area contributed by atoms with Crippen LogP contribution in [0.1, 0.15) is 65.2 Å². The lowest BCUT2D eigenvalue weighted by atomic mass is 9.47. The Bertz CT molecular complexity index is 663. The fourth-order valence-electron chi connectivity index (χ4n) is 6.63. The maximum Gasteiger partial charge on any atom is 0.302 e. The topological polar surface area (TPSA) is 60.4 Å². The first-order valence-electron chi connectivity index (χ1n) is 9.77. The van der Waals surface area contributed by atoms with Crippen LogP contribution in [0.25, 0.3) is 0 Å². The second-order valence-electron chi connectivity index (χ2n) is 8.91. The van der Waals surface area contributed by atoms with Gasteiger partial charge in [0.05, 0.1) is 0 Å². The minimum atomic E-state index is -0.246. The van der Waals surface area contributed by atoms with Crippen LogP contribution < -0.4 is 0 Å². The van der Waals surface area contributed by atoms with Crippen molar-refractivity contribution >= 4 is 17.5 Å². The molecule has 4 aliphatic carbocycles. The minimum Gasteiger partial charge on any atom is -0.465 e. The number of rotatable bonds is 2. The monoisotopic (exact) mass is 344 g/mol. The van der Waals surface area contributed by atoms with Crippen LogP contribution in [0.2, 0.25) is 0 Å². The number of fused-ring (bicyclic) bond motifs is 5. The van der Waals surface area contributed by atoms with Gasteiger partial charge >= 0.3 is 5.97 Å². The van der Waals surface area contributed by atoms with E-state index < -0.39 is 0 Å². The van der Waals surface area contributed by atoms with E-state index in [-0.39, 0.29) is 22.6 Å². The van der Waals surface area contributed by atoms with Crippen molar-refractivity contribution in [2.24, 2.45) is 28.6 Å². The summed E-state index contributed by atoms with van der Waals surface area (Å²) >= 11 is 0. The maximum atomic E-state index is 12.5. The van der Waals surface area contributed by atoms with Crippen molar-refractivity contribution in [3.63, 3.8) is 0 Å². The van der Waals surface area contributed by atoms with Gasteiger partial charge in [0.15, 0.2) is 5.78 Å². The van der Waals surface area contributed by atoms with Crippen molar-refractivity contribution < 1.29 is 19.1 Å². The lowest BCUT2D eigenvalue weighted by molar-refractivity contribution is -0.150. The predicted octanol–water partition coefficient (Wildman–Crippen LogP) is 3.63. The van der Waals surface area contributed by atoms with Crippen molar-refractivity contribution in [1.82, 2.24) is 0 Å². The van der Waals surface area contributed by atoms with Crippen LogP contribution in [0.3, 0.4) is 0 Å². The Labute approximate surface area is 149 Å². The van der Waals surface area contributed by atoms with Crippen LogP contribution >= 0.6 is 0 Å². The summed E-state index contributed by atoms with van der Waals surface area (Å²) in [5, 5.41) is 0. The van der Waals surface area contributed by atoms with E-state index in [1.165, 1.54) is 12.5 Å². The normalized spacial score (nSPS) is 43.0. The smallest absolute Gasteiger partial charge is 0.302 e. The fourth-order valence-corrected chi connectivity index (χ4v) is 6.63. The van der Waals surface area contributed by atoms with Crippen LogP contribution in [0.15, 0.2) is 11.6 Å². The molecule has 0 saturated heterocycles. The molecule has 0 N–H and O–H groups in total.